The summed E-state index contributed by atoms with van der Waals surface area (Å²) in [6, 6.07) is 2.63. The van der Waals surface area contributed by atoms with Crippen LogP contribution in [0.1, 0.15) is 0 Å². The number of hydrogen-bond acceptors (Lipinski definition) is 1. The third-order valence-electron chi connectivity index (χ3n) is 1.22. The Morgan fingerprint density at radius 2 is 2.25 bits per heavy atom. The Bertz CT molecular complexity index is 319. The molecule has 0 unspecified atom stereocenters. The molecule has 5 heteroatoms. The maximum absolute atomic E-state index is 12.9. The minimum atomic E-state index is -0.535. The van der Waals surface area contributed by atoms with Gasteiger partial charge in [0.25, 0.3) is 0 Å². The van der Waals surface area contributed by atoms with Crippen molar-refractivity contribution in [2.75, 3.05) is 5.32 Å². The van der Waals surface area contributed by atoms with Crippen molar-refractivity contribution >= 4 is 46.3 Å². The molecule has 0 saturated heterocycles. The van der Waals surface area contributed by atoms with Crippen LogP contribution in [0.15, 0.2) is 12.1 Å². The number of rotatable bonds is 2. The third kappa shape index (κ3) is 2.07. The van der Waals surface area contributed by atoms with E-state index in [2.05, 4.69) is 5.32 Å². The first-order valence-electron chi connectivity index (χ1n) is 3.00. The van der Waals surface area contributed by atoms with Crippen molar-refractivity contribution in [2.24, 2.45) is 0 Å². The van der Waals surface area contributed by atoms with E-state index >= 15 is 0 Å². The summed E-state index contributed by atoms with van der Waals surface area (Å²) in [7, 11) is 0. The second kappa shape index (κ2) is 4.04. The van der Waals surface area contributed by atoms with Crippen molar-refractivity contribution in [2.45, 2.75) is 0 Å². The summed E-state index contributed by atoms with van der Waals surface area (Å²) in [6.45, 7) is 0. The Labute approximate surface area is 87.2 Å². The lowest BCUT2D eigenvalue weighted by Gasteiger charge is -2.02. The lowest BCUT2D eigenvalue weighted by atomic mass is 10.3. The van der Waals surface area contributed by atoms with E-state index in [0.717, 1.165) is 6.07 Å². The molecule has 1 N–H and O–H groups in total. The third-order valence-corrected chi connectivity index (χ3v) is 2.75. The highest BCUT2D eigenvalue weighted by Crippen LogP contribution is 2.24. The van der Waals surface area contributed by atoms with Crippen LogP contribution in [-0.2, 0) is 4.79 Å². The van der Waals surface area contributed by atoms with E-state index in [-0.39, 0.29) is 5.69 Å². The smallest absolute Gasteiger partial charge is 0.211 e. The molecular weight excluding hydrogens is 295 g/mol. The molecule has 64 valence electrons. The molecule has 0 aliphatic heterocycles. The zero-order valence-corrected chi connectivity index (χ0v) is 8.69. The van der Waals surface area contributed by atoms with Crippen LogP contribution in [0, 0.1) is 9.39 Å². The summed E-state index contributed by atoms with van der Waals surface area (Å²) in [5.74, 6) is -0.535. The van der Waals surface area contributed by atoms with Gasteiger partial charge in [-0.05, 0) is 34.7 Å². The van der Waals surface area contributed by atoms with E-state index in [1.165, 1.54) is 6.07 Å². The SMILES string of the molecule is O=CNc1cc(I)c(Cl)cc1F. The molecular formula is C7H4ClFINO. The van der Waals surface area contributed by atoms with Crippen LogP contribution in [0.2, 0.25) is 5.02 Å². The van der Waals surface area contributed by atoms with E-state index in [1.54, 1.807) is 0 Å². The first-order valence-corrected chi connectivity index (χ1v) is 4.45. The molecule has 0 aliphatic carbocycles. The number of halogens is 3. The fourth-order valence-electron chi connectivity index (χ4n) is 0.697. The molecule has 12 heavy (non-hydrogen) atoms. The maximum Gasteiger partial charge on any atom is 0.211 e. The van der Waals surface area contributed by atoms with Crippen molar-refractivity contribution in [1.82, 2.24) is 0 Å². The summed E-state index contributed by atoms with van der Waals surface area (Å²) in [4.78, 5) is 10.0. The standard InChI is InChI=1S/C7H4ClFINO/c8-4-1-5(9)7(11-3-12)2-6(4)10/h1-3H,(H,11,12). The van der Waals surface area contributed by atoms with Crippen LogP contribution in [0.25, 0.3) is 0 Å². The van der Waals surface area contributed by atoms with Gasteiger partial charge in [0, 0.05) is 3.57 Å². The van der Waals surface area contributed by atoms with Crippen LogP contribution in [-0.4, -0.2) is 6.41 Å². The summed E-state index contributed by atoms with van der Waals surface area (Å²) in [5, 5.41) is 2.56. The number of carbonyl (C=O) groups is 1. The Kier molecular flexibility index (Phi) is 3.28. The lowest BCUT2D eigenvalue weighted by molar-refractivity contribution is -0.105. The molecule has 0 radical (unpaired) electrons. The van der Waals surface area contributed by atoms with Gasteiger partial charge in [0.2, 0.25) is 6.41 Å². The average Bonchev–Trinajstić information content (AvgIpc) is 2.01. The topological polar surface area (TPSA) is 29.1 Å². The van der Waals surface area contributed by atoms with Crippen LogP contribution >= 0.6 is 34.2 Å². The molecule has 0 bridgehead atoms. The largest absolute Gasteiger partial charge is 0.326 e. The molecule has 1 rings (SSSR count). The first kappa shape index (κ1) is 9.73. The number of nitrogens with one attached hydrogen (secondary N) is 1. The van der Waals surface area contributed by atoms with Crippen molar-refractivity contribution in [3.05, 3.63) is 26.5 Å². The van der Waals surface area contributed by atoms with Gasteiger partial charge in [0.1, 0.15) is 5.82 Å². The Hall–Kier alpha value is -0.360. The number of benzene rings is 1. The van der Waals surface area contributed by atoms with Gasteiger partial charge >= 0.3 is 0 Å². The Morgan fingerprint density at radius 3 is 2.83 bits per heavy atom. The van der Waals surface area contributed by atoms with E-state index in [9.17, 15) is 9.18 Å². The van der Waals surface area contributed by atoms with Crippen LogP contribution in [0.4, 0.5) is 10.1 Å². The molecule has 1 aromatic rings. The fraction of sp³-hybridized carbons (Fsp3) is 0. The van der Waals surface area contributed by atoms with E-state index < -0.39 is 5.82 Å². The van der Waals surface area contributed by atoms with Crippen LogP contribution < -0.4 is 5.32 Å². The van der Waals surface area contributed by atoms with Crippen LogP contribution in [0.5, 0.6) is 0 Å². The zero-order valence-electron chi connectivity index (χ0n) is 5.77. The molecule has 0 fully saturated rings. The molecule has 0 heterocycles. The van der Waals surface area contributed by atoms with E-state index in [0.29, 0.717) is 15.0 Å². The highest BCUT2D eigenvalue weighted by molar-refractivity contribution is 14.1. The maximum atomic E-state index is 12.9. The second-order valence-corrected chi connectivity index (χ2v) is 3.58. The van der Waals surface area contributed by atoms with Crippen molar-refractivity contribution < 1.29 is 9.18 Å². The second-order valence-electron chi connectivity index (χ2n) is 2.01. The molecule has 0 atom stereocenters. The van der Waals surface area contributed by atoms with Crippen molar-refractivity contribution in [1.29, 1.82) is 0 Å². The number of amides is 1. The molecule has 0 aliphatic rings. The van der Waals surface area contributed by atoms with Crippen LogP contribution in [0.3, 0.4) is 0 Å². The number of carbonyl (C=O) groups excluding carboxylic acids is 1. The van der Waals surface area contributed by atoms with Crippen molar-refractivity contribution in [3.8, 4) is 0 Å². The molecule has 0 aromatic heterocycles. The summed E-state index contributed by atoms with van der Waals surface area (Å²) >= 11 is 7.57. The van der Waals surface area contributed by atoms with Gasteiger partial charge in [-0.1, -0.05) is 11.6 Å². The molecule has 2 nitrogen and oxygen atoms in total. The van der Waals surface area contributed by atoms with Gasteiger partial charge < -0.3 is 5.32 Å². The monoisotopic (exact) mass is 299 g/mol. The van der Waals surface area contributed by atoms with Gasteiger partial charge in [-0.3, -0.25) is 4.79 Å². The molecule has 0 saturated carbocycles. The summed E-state index contributed by atoms with van der Waals surface area (Å²) in [5.41, 5.74) is 0.138. The quantitative estimate of drug-likeness (QED) is 0.508. The highest BCUT2D eigenvalue weighted by atomic mass is 127. The minimum absolute atomic E-state index is 0.138. The highest BCUT2D eigenvalue weighted by Gasteiger charge is 2.05. The van der Waals surface area contributed by atoms with Crippen molar-refractivity contribution in [3.63, 3.8) is 0 Å². The predicted molar refractivity (Wildman–Crippen MR) is 53.8 cm³/mol. The summed E-state index contributed by atoms with van der Waals surface area (Å²) in [6.07, 6.45) is 0.419. The van der Waals surface area contributed by atoms with Gasteiger partial charge in [-0.25, -0.2) is 4.39 Å². The fourth-order valence-corrected chi connectivity index (χ4v) is 1.31. The average molecular weight is 299 g/mol. The van der Waals surface area contributed by atoms with Gasteiger partial charge in [-0.2, -0.15) is 0 Å². The van der Waals surface area contributed by atoms with E-state index in [4.69, 9.17) is 11.6 Å². The minimum Gasteiger partial charge on any atom is -0.326 e. The lowest BCUT2D eigenvalue weighted by Crippen LogP contribution is -1.97. The number of hydrogen-bond donors (Lipinski definition) is 1. The number of anilines is 1. The predicted octanol–water partition coefficient (Wildman–Crippen LogP) is 2.65. The Balaban J connectivity index is 3.13. The molecule has 0 spiro atoms. The van der Waals surface area contributed by atoms with E-state index in [1.807, 2.05) is 22.6 Å². The summed E-state index contributed by atoms with van der Waals surface area (Å²) < 4.78 is 13.6. The van der Waals surface area contributed by atoms with Gasteiger partial charge in [0.15, 0.2) is 0 Å². The normalized spacial score (nSPS) is 9.58. The Morgan fingerprint density at radius 1 is 1.58 bits per heavy atom. The van der Waals surface area contributed by atoms with Gasteiger partial charge in [0.05, 0.1) is 10.7 Å². The van der Waals surface area contributed by atoms with Gasteiger partial charge in [-0.15, -0.1) is 0 Å². The molecule has 1 amide bonds. The first-order chi connectivity index (χ1) is 5.65. The zero-order chi connectivity index (χ0) is 9.14. The molecule has 1 aromatic carbocycles.